The van der Waals surface area contributed by atoms with E-state index in [9.17, 15) is 5.26 Å². The Hall–Kier alpha value is -1.60. The zero-order valence-electron chi connectivity index (χ0n) is 10.9. The number of rotatable bonds is 3. The molecule has 0 aliphatic carbocycles. The standard InChI is InChI=1S/C14H20N4/c1-11-5-6-12(10-16)14(17-11)18-9-3-2-4-13(18)7-8-15/h5-6,13H,2-4,7-9,15H2,1H3. The molecular formula is C14H20N4. The second kappa shape index (κ2) is 5.83. The second-order valence-corrected chi connectivity index (χ2v) is 4.86. The van der Waals surface area contributed by atoms with Crippen molar-refractivity contribution in [2.24, 2.45) is 5.73 Å². The van der Waals surface area contributed by atoms with Crippen LogP contribution in [0.4, 0.5) is 5.82 Å². The van der Waals surface area contributed by atoms with Crippen molar-refractivity contribution in [3.63, 3.8) is 0 Å². The third kappa shape index (κ3) is 2.62. The smallest absolute Gasteiger partial charge is 0.147 e. The van der Waals surface area contributed by atoms with Gasteiger partial charge in [-0.15, -0.1) is 0 Å². The molecule has 0 spiro atoms. The lowest BCUT2D eigenvalue weighted by Gasteiger charge is -2.37. The van der Waals surface area contributed by atoms with Crippen molar-refractivity contribution in [1.82, 2.24) is 4.98 Å². The van der Waals surface area contributed by atoms with Crippen LogP contribution >= 0.6 is 0 Å². The summed E-state index contributed by atoms with van der Waals surface area (Å²) in [5.74, 6) is 0.843. The molecule has 0 radical (unpaired) electrons. The fraction of sp³-hybridized carbons (Fsp3) is 0.571. The van der Waals surface area contributed by atoms with Crippen molar-refractivity contribution in [3.8, 4) is 6.07 Å². The van der Waals surface area contributed by atoms with E-state index in [4.69, 9.17) is 5.73 Å². The highest BCUT2D eigenvalue weighted by molar-refractivity contribution is 5.55. The summed E-state index contributed by atoms with van der Waals surface area (Å²) in [5, 5.41) is 9.21. The Kier molecular flexibility index (Phi) is 4.16. The lowest BCUT2D eigenvalue weighted by Crippen LogP contribution is -2.41. The molecule has 1 atom stereocenters. The average Bonchev–Trinajstić information content (AvgIpc) is 2.40. The van der Waals surface area contributed by atoms with E-state index in [0.717, 1.165) is 30.9 Å². The molecule has 0 bridgehead atoms. The van der Waals surface area contributed by atoms with E-state index in [-0.39, 0.29) is 0 Å². The normalized spacial score (nSPS) is 19.6. The molecule has 18 heavy (non-hydrogen) atoms. The van der Waals surface area contributed by atoms with Crippen LogP contribution in [0, 0.1) is 18.3 Å². The molecule has 1 aliphatic heterocycles. The summed E-state index contributed by atoms with van der Waals surface area (Å²) in [5.41, 5.74) is 7.32. The van der Waals surface area contributed by atoms with Gasteiger partial charge in [-0.1, -0.05) is 0 Å². The molecule has 0 saturated carbocycles. The molecule has 96 valence electrons. The van der Waals surface area contributed by atoms with Gasteiger partial charge in [0.05, 0.1) is 5.56 Å². The van der Waals surface area contributed by atoms with Crippen LogP contribution in [-0.4, -0.2) is 24.1 Å². The third-order valence-corrected chi connectivity index (χ3v) is 3.53. The van der Waals surface area contributed by atoms with E-state index >= 15 is 0 Å². The third-order valence-electron chi connectivity index (χ3n) is 3.53. The fourth-order valence-electron chi connectivity index (χ4n) is 2.62. The van der Waals surface area contributed by atoms with Gasteiger partial charge < -0.3 is 10.6 Å². The van der Waals surface area contributed by atoms with E-state index in [2.05, 4.69) is 16.0 Å². The van der Waals surface area contributed by atoms with Crippen LogP contribution in [0.25, 0.3) is 0 Å². The van der Waals surface area contributed by atoms with Crippen LogP contribution in [0.2, 0.25) is 0 Å². The monoisotopic (exact) mass is 244 g/mol. The van der Waals surface area contributed by atoms with E-state index < -0.39 is 0 Å². The van der Waals surface area contributed by atoms with Crippen molar-refractivity contribution >= 4 is 5.82 Å². The van der Waals surface area contributed by atoms with Gasteiger partial charge in [-0.05, 0) is 51.3 Å². The van der Waals surface area contributed by atoms with Crippen LogP contribution in [0.1, 0.15) is 36.9 Å². The topological polar surface area (TPSA) is 65.9 Å². The Morgan fingerprint density at radius 1 is 1.50 bits per heavy atom. The van der Waals surface area contributed by atoms with E-state index in [0.29, 0.717) is 18.2 Å². The summed E-state index contributed by atoms with van der Waals surface area (Å²) in [7, 11) is 0. The number of nitriles is 1. The SMILES string of the molecule is Cc1ccc(C#N)c(N2CCCCC2CCN)n1. The lowest BCUT2D eigenvalue weighted by atomic mass is 9.98. The molecule has 2 N–H and O–H groups in total. The molecule has 2 rings (SSSR count). The van der Waals surface area contributed by atoms with E-state index in [1.807, 2.05) is 19.1 Å². The number of aryl methyl sites for hydroxylation is 1. The second-order valence-electron chi connectivity index (χ2n) is 4.86. The lowest BCUT2D eigenvalue weighted by molar-refractivity contribution is 0.438. The highest BCUT2D eigenvalue weighted by atomic mass is 15.2. The Balaban J connectivity index is 2.33. The minimum absolute atomic E-state index is 0.435. The summed E-state index contributed by atoms with van der Waals surface area (Å²) in [6, 6.07) is 6.44. The number of aromatic nitrogens is 1. The van der Waals surface area contributed by atoms with E-state index in [1.54, 1.807) is 0 Å². The maximum absolute atomic E-state index is 9.21. The Labute approximate surface area is 108 Å². The van der Waals surface area contributed by atoms with Crippen molar-refractivity contribution in [1.29, 1.82) is 5.26 Å². The number of anilines is 1. The van der Waals surface area contributed by atoms with Gasteiger partial charge in [-0.3, -0.25) is 0 Å². The predicted octanol–water partition coefficient (Wildman–Crippen LogP) is 1.97. The molecular weight excluding hydrogens is 224 g/mol. The number of piperidine rings is 1. The Morgan fingerprint density at radius 2 is 2.33 bits per heavy atom. The predicted molar refractivity (Wildman–Crippen MR) is 72.3 cm³/mol. The van der Waals surface area contributed by atoms with Gasteiger partial charge >= 0.3 is 0 Å². The highest BCUT2D eigenvalue weighted by Gasteiger charge is 2.24. The number of hydrogen-bond donors (Lipinski definition) is 1. The molecule has 4 heteroatoms. The van der Waals surface area contributed by atoms with Gasteiger partial charge in [-0.2, -0.15) is 5.26 Å². The first-order chi connectivity index (χ1) is 8.76. The number of nitrogens with zero attached hydrogens (tertiary/aromatic N) is 3. The van der Waals surface area contributed by atoms with Crippen molar-refractivity contribution < 1.29 is 0 Å². The molecule has 1 aliphatic rings. The highest BCUT2D eigenvalue weighted by Crippen LogP contribution is 2.27. The van der Waals surface area contributed by atoms with Gasteiger partial charge in [0.1, 0.15) is 11.9 Å². The van der Waals surface area contributed by atoms with Gasteiger partial charge in [0.15, 0.2) is 0 Å². The van der Waals surface area contributed by atoms with Crippen molar-refractivity contribution in [2.75, 3.05) is 18.0 Å². The van der Waals surface area contributed by atoms with Crippen LogP contribution in [-0.2, 0) is 0 Å². The van der Waals surface area contributed by atoms with E-state index in [1.165, 1.54) is 12.8 Å². The van der Waals surface area contributed by atoms with Gasteiger partial charge in [-0.25, -0.2) is 4.98 Å². The average molecular weight is 244 g/mol. The molecule has 1 aromatic heterocycles. The molecule has 1 fully saturated rings. The summed E-state index contributed by atoms with van der Waals surface area (Å²) >= 11 is 0. The number of nitrogens with two attached hydrogens (primary N) is 1. The molecule has 1 unspecified atom stereocenters. The summed E-state index contributed by atoms with van der Waals surface area (Å²) in [6.45, 7) is 3.64. The number of hydrogen-bond acceptors (Lipinski definition) is 4. The van der Waals surface area contributed by atoms with Crippen LogP contribution in [0.5, 0.6) is 0 Å². The largest absolute Gasteiger partial charge is 0.352 e. The molecule has 0 aromatic carbocycles. The van der Waals surface area contributed by atoms with Crippen molar-refractivity contribution in [3.05, 3.63) is 23.4 Å². The first kappa shape index (κ1) is 12.8. The van der Waals surface area contributed by atoms with Crippen LogP contribution in [0.15, 0.2) is 12.1 Å². The Morgan fingerprint density at radius 3 is 3.06 bits per heavy atom. The van der Waals surface area contributed by atoms with Crippen LogP contribution < -0.4 is 10.6 Å². The maximum Gasteiger partial charge on any atom is 0.147 e. The molecule has 2 heterocycles. The molecule has 1 aromatic rings. The first-order valence-electron chi connectivity index (χ1n) is 6.60. The fourth-order valence-corrected chi connectivity index (χ4v) is 2.62. The first-order valence-corrected chi connectivity index (χ1v) is 6.60. The maximum atomic E-state index is 9.21. The van der Waals surface area contributed by atoms with Crippen LogP contribution in [0.3, 0.4) is 0 Å². The van der Waals surface area contributed by atoms with Crippen molar-refractivity contribution in [2.45, 2.75) is 38.6 Å². The molecule has 0 amide bonds. The van der Waals surface area contributed by atoms with Gasteiger partial charge in [0, 0.05) is 18.3 Å². The Bertz CT molecular complexity index is 448. The number of pyridine rings is 1. The zero-order valence-corrected chi connectivity index (χ0v) is 10.9. The summed E-state index contributed by atoms with van der Waals surface area (Å²) in [4.78, 5) is 6.84. The minimum Gasteiger partial charge on any atom is -0.352 e. The van der Waals surface area contributed by atoms with Gasteiger partial charge in [0.25, 0.3) is 0 Å². The quantitative estimate of drug-likeness (QED) is 0.882. The summed E-state index contributed by atoms with van der Waals surface area (Å²) in [6.07, 6.45) is 4.54. The van der Waals surface area contributed by atoms with Gasteiger partial charge in [0.2, 0.25) is 0 Å². The summed E-state index contributed by atoms with van der Waals surface area (Å²) < 4.78 is 0. The molecule has 4 nitrogen and oxygen atoms in total. The zero-order chi connectivity index (χ0) is 13.0. The minimum atomic E-state index is 0.435. The molecule has 1 saturated heterocycles.